The van der Waals surface area contributed by atoms with Gasteiger partial charge in [0.2, 0.25) is 0 Å². The lowest BCUT2D eigenvalue weighted by molar-refractivity contribution is 0.0844. The Labute approximate surface area is 155 Å². The van der Waals surface area contributed by atoms with E-state index in [1.807, 2.05) is 12.1 Å². The van der Waals surface area contributed by atoms with Gasteiger partial charge in [0.05, 0.1) is 11.6 Å². The second kappa shape index (κ2) is 8.36. The fourth-order valence-electron chi connectivity index (χ4n) is 2.34. The molecular weight excluding hydrogens is 344 g/mol. The van der Waals surface area contributed by atoms with E-state index in [2.05, 4.69) is 21.9 Å². The fraction of sp³-hybridized carbons (Fsp3) is 0.0500. The molecule has 1 aromatic heterocycles. The van der Waals surface area contributed by atoms with Gasteiger partial charge in [0.15, 0.2) is 0 Å². The van der Waals surface area contributed by atoms with Gasteiger partial charge in [-0.1, -0.05) is 18.2 Å². The monoisotopic (exact) mass is 360 g/mol. The third-order valence-electron chi connectivity index (χ3n) is 3.78. The molecule has 3 aromatic rings. The van der Waals surface area contributed by atoms with Crippen molar-refractivity contribution in [2.45, 2.75) is 6.61 Å². The zero-order valence-corrected chi connectivity index (χ0v) is 14.2. The molecule has 0 saturated heterocycles. The Morgan fingerprint density at radius 3 is 2.41 bits per heavy atom. The van der Waals surface area contributed by atoms with E-state index >= 15 is 0 Å². The van der Waals surface area contributed by atoms with E-state index in [0.717, 1.165) is 5.56 Å². The molecule has 0 saturated carbocycles. The van der Waals surface area contributed by atoms with Gasteiger partial charge in [-0.05, 0) is 42.5 Å². The smallest absolute Gasteiger partial charge is 0.286 e. The van der Waals surface area contributed by atoms with Crippen LogP contribution in [0.3, 0.4) is 0 Å². The van der Waals surface area contributed by atoms with Gasteiger partial charge in [-0.3, -0.25) is 20.4 Å². The highest BCUT2D eigenvalue weighted by molar-refractivity contribution is 5.98. The van der Waals surface area contributed by atoms with Crippen LogP contribution in [0.1, 0.15) is 32.0 Å². The van der Waals surface area contributed by atoms with Gasteiger partial charge in [0.25, 0.3) is 11.8 Å². The van der Waals surface area contributed by atoms with E-state index in [9.17, 15) is 9.59 Å². The van der Waals surface area contributed by atoms with Crippen LogP contribution in [0.25, 0.3) is 0 Å². The minimum atomic E-state index is -0.448. The molecule has 7 nitrogen and oxygen atoms in total. The quantitative estimate of drug-likeness (QED) is 0.608. The summed E-state index contributed by atoms with van der Waals surface area (Å²) in [6.07, 6.45) is 1.62. The number of benzene rings is 2. The van der Waals surface area contributed by atoms with Crippen LogP contribution in [-0.4, -0.2) is 16.8 Å². The lowest BCUT2D eigenvalue weighted by Crippen LogP contribution is -2.41. The highest BCUT2D eigenvalue weighted by Crippen LogP contribution is 2.16. The maximum atomic E-state index is 12.1. The third-order valence-corrected chi connectivity index (χ3v) is 3.78. The number of hydrogen-bond donors (Lipinski definition) is 3. The first-order chi connectivity index (χ1) is 13.2. The van der Waals surface area contributed by atoms with Gasteiger partial charge in [-0.15, -0.1) is 0 Å². The van der Waals surface area contributed by atoms with E-state index < -0.39 is 11.8 Å². The molecule has 0 atom stereocenters. The summed E-state index contributed by atoms with van der Waals surface area (Å²) in [5.41, 5.74) is 6.73. The normalized spacial score (nSPS) is 9.89. The average Bonchev–Trinajstić information content (AvgIpc) is 3.26. The number of aromatic amines is 1. The summed E-state index contributed by atoms with van der Waals surface area (Å²) >= 11 is 0. The first kappa shape index (κ1) is 17.8. The van der Waals surface area contributed by atoms with E-state index in [1.54, 1.807) is 54.7 Å². The maximum Gasteiger partial charge on any atom is 0.286 e. The molecule has 134 valence electrons. The molecule has 1 heterocycles. The van der Waals surface area contributed by atoms with Crippen molar-refractivity contribution in [3.8, 4) is 11.8 Å². The van der Waals surface area contributed by atoms with Crippen molar-refractivity contribution in [2.24, 2.45) is 0 Å². The molecule has 0 unspecified atom stereocenters. The molecule has 0 spiro atoms. The van der Waals surface area contributed by atoms with Crippen molar-refractivity contribution in [2.75, 3.05) is 0 Å². The van der Waals surface area contributed by atoms with Crippen LogP contribution in [0.15, 0.2) is 66.9 Å². The largest absolute Gasteiger partial charge is 0.489 e. The fourth-order valence-corrected chi connectivity index (χ4v) is 2.34. The van der Waals surface area contributed by atoms with E-state index in [-0.39, 0.29) is 6.61 Å². The number of H-pyrrole nitrogens is 1. The number of amides is 2. The molecule has 0 aliphatic heterocycles. The van der Waals surface area contributed by atoms with Crippen LogP contribution in [0.5, 0.6) is 5.75 Å². The number of hydrogen-bond acceptors (Lipinski definition) is 4. The minimum Gasteiger partial charge on any atom is -0.489 e. The predicted octanol–water partition coefficient (Wildman–Crippen LogP) is 2.54. The second-order valence-corrected chi connectivity index (χ2v) is 5.57. The topological polar surface area (TPSA) is 107 Å². The van der Waals surface area contributed by atoms with Gasteiger partial charge in [0.1, 0.15) is 18.1 Å². The van der Waals surface area contributed by atoms with Crippen LogP contribution in [-0.2, 0) is 6.61 Å². The Kier molecular flexibility index (Phi) is 5.50. The van der Waals surface area contributed by atoms with E-state index in [4.69, 9.17) is 10.00 Å². The summed E-state index contributed by atoms with van der Waals surface area (Å²) in [4.78, 5) is 26.6. The highest BCUT2D eigenvalue weighted by Gasteiger charge is 2.10. The number of hydrazine groups is 1. The van der Waals surface area contributed by atoms with Gasteiger partial charge >= 0.3 is 0 Å². The Morgan fingerprint density at radius 1 is 0.963 bits per heavy atom. The summed E-state index contributed by atoms with van der Waals surface area (Å²) in [7, 11) is 0. The average molecular weight is 360 g/mol. The number of nitrogens with zero attached hydrogens (tertiary/aromatic N) is 1. The molecule has 0 aliphatic carbocycles. The zero-order chi connectivity index (χ0) is 19.1. The lowest BCUT2D eigenvalue weighted by Gasteiger charge is -2.09. The van der Waals surface area contributed by atoms with Gasteiger partial charge in [-0.25, -0.2) is 0 Å². The first-order valence-electron chi connectivity index (χ1n) is 8.12. The first-order valence-corrected chi connectivity index (χ1v) is 8.12. The second-order valence-electron chi connectivity index (χ2n) is 5.57. The lowest BCUT2D eigenvalue weighted by atomic mass is 10.1. The summed E-state index contributed by atoms with van der Waals surface area (Å²) in [6, 6.07) is 19.1. The third kappa shape index (κ3) is 4.52. The van der Waals surface area contributed by atoms with Crippen LogP contribution >= 0.6 is 0 Å². The van der Waals surface area contributed by atoms with Crippen molar-refractivity contribution < 1.29 is 14.3 Å². The number of aromatic nitrogens is 1. The van der Waals surface area contributed by atoms with E-state index in [0.29, 0.717) is 22.6 Å². The Balaban J connectivity index is 1.54. The molecule has 3 rings (SSSR count). The molecule has 0 fully saturated rings. The molecule has 27 heavy (non-hydrogen) atoms. The Hall–Kier alpha value is -4.05. The summed E-state index contributed by atoms with van der Waals surface area (Å²) < 4.78 is 5.66. The molecule has 3 N–H and O–H groups in total. The van der Waals surface area contributed by atoms with Crippen LogP contribution in [0.4, 0.5) is 0 Å². The molecule has 0 bridgehead atoms. The Morgan fingerprint density at radius 2 is 1.70 bits per heavy atom. The van der Waals surface area contributed by atoms with Crippen molar-refractivity contribution in [3.63, 3.8) is 0 Å². The van der Waals surface area contributed by atoms with Crippen molar-refractivity contribution in [1.82, 2.24) is 15.8 Å². The molecular formula is C20H16N4O3. The van der Waals surface area contributed by atoms with Crippen LogP contribution < -0.4 is 15.6 Å². The highest BCUT2D eigenvalue weighted by atomic mass is 16.5. The van der Waals surface area contributed by atoms with Crippen LogP contribution in [0, 0.1) is 11.3 Å². The zero-order valence-electron chi connectivity index (χ0n) is 14.2. The van der Waals surface area contributed by atoms with E-state index in [1.165, 1.54) is 0 Å². The molecule has 0 radical (unpaired) electrons. The Bertz CT molecular complexity index is 973. The molecule has 7 heteroatoms. The number of nitriles is 1. The minimum absolute atomic E-state index is 0.251. The number of carbonyl (C=O) groups excluding carboxylic acids is 2. The standard InChI is InChI=1S/C20H16N4O3/c21-12-15-4-1-2-5-16(15)13-27-17-9-7-14(8-10-17)19(25)23-24-20(26)18-6-3-11-22-18/h1-11,22H,13H2,(H,23,25)(H,24,26). The van der Waals surface area contributed by atoms with Gasteiger partial charge < -0.3 is 9.72 Å². The molecule has 2 aromatic carbocycles. The van der Waals surface area contributed by atoms with Crippen molar-refractivity contribution in [3.05, 3.63) is 89.2 Å². The number of ether oxygens (including phenoxy) is 1. The van der Waals surface area contributed by atoms with Gasteiger partial charge in [-0.2, -0.15) is 5.26 Å². The van der Waals surface area contributed by atoms with Crippen molar-refractivity contribution >= 4 is 11.8 Å². The summed E-state index contributed by atoms with van der Waals surface area (Å²) in [5.74, 6) is -0.324. The maximum absolute atomic E-state index is 12.1. The number of rotatable bonds is 5. The van der Waals surface area contributed by atoms with Gasteiger partial charge in [0, 0.05) is 17.3 Å². The van der Waals surface area contributed by atoms with Crippen molar-refractivity contribution in [1.29, 1.82) is 5.26 Å². The van der Waals surface area contributed by atoms with Crippen LogP contribution in [0.2, 0.25) is 0 Å². The number of carbonyl (C=O) groups is 2. The summed E-state index contributed by atoms with van der Waals surface area (Å²) in [5, 5.41) is 9.08. The SMILES string of the molecule is N#Cc1ccccc1COc1ccc(C(=O)NNC(=O)c2ccc[nH]2)cc1. The number of nitrogens with one attached hydrogen (secondary N) is 3. The molecule has 2 amide bonds. The summed E-state index contributed by atoms with van der Waals surface area (Å²) in [6.45, 7) is 0.251. The predicted molar refractivity (Wildman–Crippen MR) is 97.7 cm³/mol. The molecule has 0 aliphatic rings.